The Bertz CT molecular complexity index is 835. The first-order valence-electron chi connectivity index (χ1n) is 8.55. The van der Waals surface area contributed by atoms with E-state index in [9.17, 15) is 4.79 Å². The molecule has 1 saturated heterocycles. The predicted molar refractivity (Wildman–Crippen MR) is 94.0 cm³/mol. The van der Waals surface area contributed by atoms with Gasteiger partial charge in [0, 0.05) is 16.8 Å². The highest BCUT2D eigenvalue weighted by Crippen LogP contribution is 2.47. The van der Waals surface area contributed by atoms with Crippen molar-refractivity contribution in [2.24, 2.45) is 0 Å². The Balaban J connectivity index is 1.84. The van der Waals surface area contributed by atoms with Gasteiger partial charge < -0.3 is 4.84 Å². The molecule has 0 N–H and O–H groups in total. The van der Waals surface area contributed by atoms with Gasteiger partial charge >= 0.3 is 6.09 Å². The standard InChI is InChI=1S/C20H19FN2O2/c1-2-3-11-16-15-12-7-8-13-17(15)19-22(14-9-5-4-6-10-14)20(24)25-23(19)18(16)21/h4-10,12-13,19H,2-3,11H2,1H3. The summed E-state index contributed by atoms with van der Waals surface area (Å²) in [6, 6.07) is 16.9. The van der Waals surface area contributed by atoms with Crippen LogP contribution in [-0.2, 0) is 4.84 Å². The summed E-state index contributed by atoms with van der Waals surface area (Å²) in [4.78, 5) is 19.3. The van der Waals surface area contributed by atoms with Crippen molar-refractivity contribution in [3.05, 3.63) is 71.7 Å². The zero-order chi connectivity index (χ0) is 17.4. The molecule has 1 amide bonds. The van der Waals surface area contributed by atoms with Crippen LogP contribution in [0.15, 0.2) is 60.5 Å². The lowest BCUT2D eigenvalue weighted by Gasteiger charge is -2.33. The Morgan fingerprint density at radius 3 is 2.56 bits per heavy atom. The molecule has 2 heterocycles. The fourth-order valence-electron chi connectivity index (χ4n) is 3.46. The Kier molecular flexibility index (Phi) is 3.92. The quantitative estimate of drug-likeness (QED) is 0.700. The summed E-state index contributed by atoms with van der Waals surface area (Å²) in [5, 5.41) is 1.11. The molecule has 2 aromatic rings. The number of hydrogen-bond donors (Lipinski definition) is 0. The van der Waals surface area contributed by atoms with E-state index in [0.717, 1.165) is 29.0 Å². The number of halogens is 1. The monoisotopic (exact) mass is 338 g/mol. The van der Waals surface area contributed by atoms with Gasteiger partial charge in [-0.05, 0) is 30.5 Å². The molecule has 0 spiro atoms. The van der Waals surface area contributed by atoms with E-state index in [4.69, 9.17) is 4.84 Å². The smallest absolute Gasteiger partial charge is 0.316 e. The topological polar surface area (TPSA) is 32.8 Å². The van der Waals surface area contributed by atoms with Gasteiger partial charge in [0.05, 0.1) is 0 Å². The second-order valence-electron chi connectivity index (χ2n) is 6.22. The first kappa shape index (κ1) is 15.7. The van der Waals surface area contributed by atoms with Crippen LogP contribution >= 0.6 is 0 Å². The van der Waals surface area contributed by atoms with Crippen molar-refractivity contribution in [2.45, 2.75) is 32.4 Å². The van der Waals surface area contributed by atoms with E-state index >= 15 is 4.39 Å². The highest BCUT2D eigenvalue weighted by atomic mass is 19.1. The number of para-hydroxylation sites is 1. The first-order valence-corrected chi connectivity index (χ1v) is 8.55. The zero-order valence-electron chi connectivity index (χ0n) is 14.0. The van der Waals surface area contributed by atoms with Gasteiger partial charge in [-0.3, -0.25) is 0 Å². The molecular weight excluding hydrogens is 319 g/mol. The van der Waals surface area contributed by atoms with E-state index in [2.05, 4.69) is 6.92 Å². The number of benzene rings is 2. The van der Waals surface area contributed by atoms with Crippen LogP contribution < -0.4 is 4.90 Å². The maximum atomic E-state index is 15.2. The van der Waals surface area contributed by atoms with Crippen LogP contribution in [0, 0.1) is 0 Å². The average Bonchev–Trinajstić information content (AvgIpc) is 3.00. The SMILES string of the molecule is CCCCC1=C(F)N2OC(=O)N(c3ccccc3)C2c2ccccc21. The molecule has 25 heavy (non-hydrogen) atoms. The van der Waals surface area contributed by atoms with Crippen LogP contribution in [0.25, 0.3) is 5.57 Å². The number of carbonyl (C=O) groups excluding carboxylic acids is 1. The fraction of sp³-hybridized carbons (Fsp3) is 0.250. The molecule has 5 heteroatoms. The van der Waals surface area contributed by atoms with Crippen LogP contribution in [0.5, 0.6) is 0 Å². The van der Waals surface area contributed by atoms with E-state index in [1.54, 1.807) is 0 Å². The molecule has 0 radical (unpaired) electrons. The fourth-order valence-corrected chi connectivity index (χ4v) is 3.46. The van der Waals surface area contributed by atoms with E-state index in [-0.39, 0.29) is 0 Å². The van der Waals surface area contributed by atoms with E-state index < -0.39 is 18.2 Å². The third-order valence-electron chi connectivity index (χ3n) is 4.66. The van der Waals surface area contributed by atoms with Crippen LogP contribution in [0.3, 0.4) is 0 Å². The van der Waals surface area contributed by atoms with Gasteiger partial charge in [0.25, 0.3) is 0 Å². The van der Waals surface area contributed by atoms with Gasteiger partial charge in [-0.2, -0.15) is 4.39 Å². The van der Waals surface area contributed by atoms with Crippen LogP contribution in [0.1, 0.15) is 43.5 Å². The van der Waals surface area contributed by atoms with Gasteiger partial charge in [0.1, 0.15) is 0 Å². The first-order chi connectivity index (χ1) is 12.2. The number of unbranched alkanes of at least 4 members (excludes halogenated alkanes) is 1. The maximum Gasteiger partial charge on any atom is 0.441 e. The maximum absolute atomic E-state index is 15.2. The number of anilines is 1. The summed E-state index contributed by atoms with van der Waals surface area (Å²) in [6.45, 7) is 2.07. The molecule has 0 saturated carbocycles. The minimum absolute atomic E-state index is 0.469. The number of hydroxylamine groups is 2. The normalized spacial score (nSPS) is 19.0. The minimum Gasteiger partial charge on any atom is -0.316 e. The largest absolute Gasteiger partial charge is 0.441 e. The van der Waals surface area contributed by atoms with Gasteiger partial charge in [-0.15, -0.1) is 5.06 Å². The van der Waals surface area contributed by atoms with Crippen LogP contribution in [0.4, 0.5) is 14.9 Å². The van der Waals surface area contributed by atoms with Crippen molar-refractivity contribution in [3.63, 3.8) is 0 Å². The van der Waals surface area contributed by atoms with Gasteiger partial charge in [-0.25, -0.2) is 9.69 Å². The van der Waals surface area contributed by atoms with E-state index in [1.165, 1.54) is 4.90 Å². The summed E-state index contributed by atoms with van der Waals surface area (Å²) in [6.07, 6.45) is 1.27. The number of fused-ring (bicyclic) bond motifs is 3. The lowest BCUT2D eigenvalue weighted by molar-refractivity contribution is -0.0789. The predicted octanol–water partition coefficient (Wildman–Crippen LogP) is 5.40. The summed E-state index contributed by atoms with van der Waals surface area (Å²) >= 11 is 0. The van der Waals surface area contributed by atoms with Gasteiger partial charge in [0.15, 0.2) is 6.17 Å². The molecule has 0 aliphatic carbocycles. The Morgan fingerprint density at radius 2 is 1.80 bits per heavy atom. The number of carbonyl (C=O) groups is 1. The Morgan fingerprint density at radius 1 is 1.08 bits per heavy atom. The number of amides is 1. The molecule has 128 valence electrons. The van der Waals surface area contributed by atoms with Crippen molar-refractivity contribution in [3.8, 4) is 0 Å². The number of nitrogens with zero attached hydrogens (tertiary/aromatic N) is 2. The highest BCUT2D eigenvalue weighted by Gasteiger charge is 2.48. The second-order valence-corrected chi connectivity index (χ2v) is 6.22. The Labute approximate surface area is 146 Å². The van der Waals surface area contributed by atoms with Gasteiger partial charge in [0.2, 0.25) is 5.95 Å². The molecule has 0 bridgehead atoms. The minimum atomic E-state index is -0.628. The summed E-state index contributed by atoms with van der Waals surface area (Å²) in [7, 11) is 0. The molecule has 2 aromatic carbocycles. The molecule has 4 nitrogen and oxygen atoms in total. The Hall–Kier alpha value is -2.82. The van der Waals surface area contributed by atoms with Crippen molar-refractivity contribution in [1.82, 2.24) is 5.06 Å². The third kappa shape index (κ3) is 2.47. The van der Waals surface area contributed by atoms with Crippen LogP contribution in [0.2, 0.25) is 0 Å². The van der Waals surface area contributed by atoms with Gasteiger partial charge in [-0.1, -0.05) is 55.8 Å². The average molecular weight is 338 g/mol. The summed E-state index contributed by atoms with van der Waals surface area (Å²) < 4.78 is 15.2. The highest BCUT2D eigenvalue weighted by molar-refractivity contribution is 5.91. The second kappa shape index (κ2) is 6.24. The van der Waals surface area contributed by atoms with E-state index in [0.29, 0.717) is 17.7 Å². The molecule has 1 fully saturated rings. The zero-order valence-corrected chi connectivity index (χ0v) is 14.0. The number of hydrogen-bond acceptors (Lipinski definition) is 3. The number of allylic oxidation sites excluding steroid dienone is 1. The molecule has 2 aliphatic heterocycles. The number of rotatable bonds is 4. The molecular formula is C20H19FN2O2. The lowest BCUT2D eigenvalue weighted by atomic mass is 9.91. The van der Waals surface area contributed by atoms with E-state index in [1.807, 2.05) is 54.6 Å². The molecule has 1 atom stereocenters. The molecule has 0 aromatic heterocycles. The molecule has 4 rings (SSSR count). The summed E-state index contributed by atoms with van der Waals surface area (Å²) in [5.74, 6) is -0.469. The van der Waals surface area contributed by atoms with Crippen molar-refractivity contribution < 1.29 is 14.0 Å². The van der Waals surface area contributed by atoms with Crippen molar-refractivity contribution in [1.29, 1.82) is 0 Å². The molecule has 2 aliphatic rings. The lowest BCUT2D eigenvalue weighted by Crippen LogP contribution is -2.34. The van der Waals surface area contributed by atoms with Crippen LogP contribution in [-0.4, -0.2) is 11.2 Å². The summed E-state index contributed by atoms with van der Waals surface area (Å²) in [5.41, 5.74) is 3.02. The van der Waals surface area contributed by atoms with Crippen molar-refractivity contribution >= 4 is 17.4 Å². The molecule has 1 unspecified atom stereocenters. The van der Waals surface area contributed by atoms with Crippen molar-refractivity contribution in [2.75, 3.05) is 4.90 Å². The third-order valence-corrected chi connectivity index (χ3v) is 4.66.